The van der Waals surface area contributed by atoms with E-state index in [0.717, 1.165) is 12.8 Å². The van der Waals surface area contributed by atoms with Crippen LogP contribution in [0, 0.1) is 0 Å². The molecule has 0 aromatic rings. The van der Waals surface area contributed by atoms with E-state index < -0.39 is 0 Å². The van der Waals surface area contributed by atoms with Crippen molar-refractivity contribution >= 4 is 11.8 Å². The van der Waals surface area contributed by atoms with E-state index in [2.05, 4.69) is 27.0 Å². The highest BCUT2D eigenvalue weighted by atomic mass is 32.2. The fourth-order valence-corrected chi connectivity index (χ4v) is 2.57. The van der Waals surface area contributed by atoms with E-state index in [1.807, 2.05) is 11.8 Å². The van der Waals surface area contributed by atoms with Gasteiger partial charge < -0.3 is 9.47 Å². The molecule has 1 aliphatic heterocycles. The van der Waals surface area contributed by atoms with Crippen LogP contribution in [0.1, 0.15) is 33.6 Å². The van der Waals surface area contributed by atoms with Gasteiger partial charge in [0.1, 0.15) is 0 Å². The van der Waals surface area contributed by atoms with E-state index >= 15 is 0 Å². The highest BCUT2D eigenvalue weighted by Gasteiger charge is 2.38. The molecule has 1 aliphatic rings. The van der Waals surface area contributed by atoms with E-state index in [1.165, 1.54) is 0 Å². The second kappa shape index (κ2) is 4.86. The minimum Gasteiger partial charge on any atom is -0.378 e. The van der Waals surface area contributed by atoms with Crippen LogP contribution in [0.3, 0.4) is 0 Å². The summed E-state index contributed by atoms with van der Waals surface area (Å²) < 4.78 is 11.5. The summed E-state index contributed by atoms with van der Waals surface area (Å²) in [4.78, 5) is 0. The maximum atomic E-state index is 5.94. The van der Waals surface area contributed by atoms with Gasteiger partial charge in [0.2, 0.25) is 0 Å². The van der Waals surface area contributed by atoms with Crippen molar-refractivity contribution < 1.29 is 9.47 Å². The standard InChI is InChI=1S/C11H22O2S/c1-8-6-11(3,12-4)7-10(13-8)9(2)14-5/h8-10H,6-7H2,1-5H3/t8?,9-,10-,11+/m1/s1. The fraction of sp³-hybridized carbons (Fsp3) is 1.00. The summed E-state index contributed by atoms with van der Waals surface area (Å²) in [5, 5.41) is 0.548. The average molecular weight is 218 g/mol. The molecule has 1 unspecified atom stereocenters. The van der Waals surface area contributed by atoms with Crippen LogP contribution in [0.15, 0.2) is 0 Å². The summed E-state index contributed by atoms with van der Waals surface area (Å²) in [6, 6.07) is 0. The molecule has 1 rings (SSSR count). The maximum Gasteiger partial charge on any atom is 0.0721 e. The van der Waals surface area contributed by atoms with Gasteiger partial charge in [0.25, 0.3) is 0 Å². The van der Waals surface area contributed by atoms with Crippen molar-refractivity contribution in [2.75, 3.05) is 13.4 Å². The SMILES string of the molecule is CO[C@@]1(C)CC(C)O[C@@H]([C@@H](C)SC)C1. The Labute approximate surface area is 91.7 Å². The van der Waals surface area contributed by atoms with Crippen molar-refractivity contribution in [1.29, 1.82) is 0 Å². The fourth-order valence-electron chi connectivity index (χ4n) is 2.11. The lowest BCUT2D eigenvalue weighted by Crippen LogP contribution is -2.46. The van der Waals surface area contributed by atoms with E-state index in [-0.39, 0.29) is 5.60 Å². The number of methoxy groups -OCH3 is 1. The van der Waals surface area contributed by atoms with Gasteiger partial charge in [-0.1, -0.05) is 6.92 Å². The van der Waals surface area contributed by atoms with Crippen LogP contribution < -0.4 is 0 Å². The highest BCUT2D eigenvalue weighted by molar-refractivity contribution is 7.99. The van der Waals surface area contributed by atoms with Crippen LogP contribution in [0.5, 0.6) is 0 Å². The minimum absolute atomic E-state index is 0.00627. The lowest BCUT2D eigenvalue weighted by atomic mass is 9.88. The van der Waals surface area contributed by atoms with Gasteiger partial charge in [0.15, 0.2) is 0 Å². The summed E-state index contributed by atoms with van der Waals surface area (Å²) in [6.45, 7) is 6.55. The molecule has 0 amide bonds. The topological polar surface area (TPSA) is 18.5 Å². The molecule has 3 heteroatoms. The van der Waals surface area contributed by atoms with E-state index in [4.69, 9.17) is 9.47 Å². The van der Waals surface area contributed by atoms with Crippen molar-refractivity contribution in [2.45, 2.75) is 56.7 Å². The number of hydrogen-bond acceptors (Lipinski definition) is 3. The third-order valence-electron chi connectivity index (χ3n) is 3.15. The van der Waals surface area contributed by atoms with Crippen LogP contribution in [0.25, 0.3) is 0 Å². The molecule has 1 saturated heterocycles. The van der Waals surface area contributed by atoms with E-state index in [0.29, 0.717) is 17.5 Å². The zero-order valence-electron chi connectivity index (χ0n) is 9.87. The zero-order chi connectivity index (χ0) is 10.8. The molecule has 4 atom stereocenters. The highest BCUT2D eigenvalue weighted by Crippen LogP contribution is 2.34. The Balaban J connectivity index is 2.62. The van der Waals surface area contributed by atoms with Gasteiger partial charge in [0, 0.05) is 25.2 Å². The summed E-state index contributed by atoms with van der Waals surface area (Å²) in [5.41, 5.74) is 0.00627. The molecule has 0 aliphatic carbocycles. The molecule has 0 N–H and O–H groups in total. The van der Waals surface area contributed by atoms with E-state index in [1.54, 1.807) is 7.11 Å². The first-order chi connectivity index (χ1) is 6.50. The average Bonchev–Trinajstić information content (AvgIpc) is 2.15. The second-order valence-electron chi connectivity index (χ2n) is 4.49. The molecule has 0 saturated carbocycles. The molecular formula is C11H22O2S. The monoisotopic (exact) mass is 218 g/mol. The van der Waals surface area contributed by atoms with Crippen LogP contribution in [0.4, 0.5) is 0 Å². The molecule has 14 heavy (non-hydrogen) atoms. The minimum atomic E-state index is 0.00627. The van der Waals surface area contributed by atoms with E-state index in [9.17, 15) is 0 Å². The smallest absolute Gasteiger partial charge is 0.0721 e. The Morgan fingerprint density at radius 2 is 2.14 bits per heavy atom. The molecule has 0 bridgehead atoms. The lowest BCUT2D eigenvalue weighted by molar-refractivity contribution is -0.142. The molecule has 0 aromatic heterocycles. The molecule has 0 spiro atoms. The van der Waals surface area contributed by atoms with Crippen LogP contribution >= 0.6 is 11.8 Å². The van der Waals surface area contributed by atoms with Gasteiger partial charge in [-0.05, 0) is 20.1 Å². The van der Waals surface area contributed by atoms with Gasteiger partial charge >= 0.3 is 0 Å². The van der Waals surface area contributed by atoms with Crippen LogP contribution in [0.2, 0.25) is 0 Å². The third kappa shape index (κ3) is 2.88. The second-order valence-corrected chi connectivity index (χ2v) is 5.70. The number of hydrogen-bond donors (Lipinski definition) is 0. The lowest BCUT2D eigenvalue weighted by Gasteiger charge is -2.42. The summed E-state index contributed by atoms with van der Waals surface area (Å²) in [7, 11) is 1.80. The molecule has 0 aromatic carbocycles. The van der Waals surface area contributed by atoms with Gasteiger partial charge in [-0.3, -0.25) is 0 Å². The first-order valence-electron chi connectivity index (χ1n) is 5.24. The number of ether oxygens (including phenoxy) is 2. The molecule has 84 valence electrons. The molecule has 1 fully saturated rings. The van der Waals surface area contributed by atoms with Crippen LogP contribution in [-0.4, -0.2) is 36.4 Å². The Morgan fingerprint density at radius 3 is 2.64 bits per heavy atom. The Bertz CT molecular complexity index is 186. The maximum absolute atomic E-state index is 5.94. The van der Waals surface area contributed by atoms with Crippen molar-refractivity contribution in [2.24, 2.45) is 0 Å². The first-order valence-corrected chi connectivity index (χ1v) is 6.53. The summed E-state index contributed by atoms with van der Waals surface area (Å²) in [5.74, 6) is 0. The van der Waals surface area contributed by atoms with Crippen LogP contribution in [-0.2, 0) is 9.47 Å². The molecule has 0 radical (unpaired) electrons. The first kappa shape index (κ1) is 12.3. The van der Waals surface area contributed by atoms with Crippen molar-refractivity contribution in [3.05, 3.63) is 0 Å². The third-order valence-corrected chi connectivity index (χ3v) is 4.19. The van der Waals surface area contributed by atoms with Gasteiger partial charge in [-0.15, -0.1) is 0 Å². The van der Waals surface area contributed by atoms with Gasteiger partial charge in [0.05, 0.1) is 17.8 Å². The summed E-state index contributed by atoms with van der Waals surface area (Å²) >= 11 is 1.86. The molecular weight excluding hydrogens is 196 g/mol. The predicted octanol–water partition coefficient (Wildman–Crippen LogP) is 2.71. The van der Waals surface area contributed by atoms with Crippen molar-refractivity contribution in [3.63, 3.8) is 0 Å². The number of thioether (sulfide) groups is 1. The quantitative estimate of drug-likeness (QED) is 0.725. The summed E-state index contributed by atoms with van der Waals surface area (Å²) in [6.07, 6.45) is 4.79. The number of rotatable bonds is 3. The Morgan fingerprint density at radius 1 is 1.50 bits per heavy atom. The van der Waals surface area contributed by atoms with Gasteiger partial charge in [-0.2, -0.15) is 11.8 Å². The van der Waals surface area contributed by atoms with Crippen molar-refractivity contribution in [1.82, 2.24) is 0 Å². The largest absolute Gasteiger partial charge is 0.378 e. The zero-order valence-corrected chi connectivity index (χ0v) is 10.7. The van der Waals surface area contributed by atoms with Crippen molar-refractivity contribution in [3.8, 4) is 0 Å². The Hall–Kier alpha value is 0.270. The Kier molecular flexibility index (Phi) is 4.29. The molecule has 2 nitrogen and oxygen atoms in total. The normalized spacial score (nSPS) is 40.9. The van der Waals surface area contributed by atoms with Gasteiger partial charge in [-0.25, -0.2) is 0 Å². The molecule has 1 heterocycles. The predicted molar refractivity (Wildman–Crippen MR) is 62.0 cm³/mol.